The molecule has 0 saturated carbocycles. The van der Waals surface area contributed by atoms with E-state index in [0.29, 0.717) is 12.0 Å². The summed E-state index contributed by atoms with van der Waals surface area (Å²) >= 11 is 0. The molecule has 152 valence electrons. The number of hydrazine groups is 2. The monoisotopic (exact) mass is 399 g/mol. The molecule has 2 aromatic carbocycles. The van der Waals surface area contributed by atoms with E-state index in [0.717, 1.165) is 5.56 Å². The lowest BCUT2D eigenvalue weighted by molar-refractivity contribution is -0.130. The molecule has 1 saturated heterocycles. The number of halogens is 1. The standard InChI is InChI=1S/C20H22FN5O3/c21-15-8-4-5-13(9-15)10-18(27)22-12-19(28)25-26-20(29)17-11-16(23-24-17)14-6-2-1-3-7-14/h1-9,16-17,23-24H,10-12H2,(H,22,27)(H,25,28)(H,26,29). The zero-order valence-electron chi connectivity index (χ0n) is 15.6. The third-order valence-corrected chi connectivity index (χ3v) is 4.45. The second-order valence-electron chi connectivity index (χ2n) is 6.66. The van der Waals surface area contributed by atoms with E-state index in [4.69, 9.17) is 0 Å². The minimum Gasteiger partial charge on any atom is -0.347 e. The fourth-order valence-electron chi connectivity index (χ4n) is 2.97. The van der Waals surface area contributed by atoms with Gasteiger partial charge in [-0.3, -0.25) is 25.2 Å². The van der Waals surface area contributed by atoms with Gasteiger partial charge < -0.3 is 5.32 Å². The van der Waals surface area contributed by atoms with Gasteiger partial charge >= 0.3 is 0 Å². The van der Waals surface area contributed by atoms with Crippen LogP contribution in [0.4, 0.5) is 4.39 Å². The van der Waals surface area contributed by atoms with E-state index < -0.39 is 29.6 Å². The fourth-order valence-corrected chi connectivity index (χ4v) is 2.97. The lowest BCUT2D eigenvalue weighted by Gasteiger charge is -2.12. The van der Waals surface area contributed by atoms with Crippen molar-refractivity contribution in [2.45, 2.75) is 24.9 Å². The van der Waals surface area contributed by atoms with Crippen molar-refractivity contribution in [1.29, 1.82) is 0 Å². The Morgan fingerprint density at radius 2 is 1.76 bits per heavy atom. The molecule has 0 aromatic heterocycles. The number of hydrogen-bond donors (Lipinski definition) is 5. The SMILES string of the molecule is O=C(Cc1cccc(F)c1)NCC(=O)NNC(=O)C1CC(c2ccccc2)NN1. The van der Waals surface area contributed by atoms with Gasteiger partial charge in [0.1, 0.15) is 11.9 Å². The van der Waals surface area contributed by atoms with Crippen molar-refractivity contribution in [3.05, 3.63) is 71.5 Å². The smallest absolute Gasteiger partial charge is 0.257 e. The van der Waals surface area contributed by atoms with E-state index in [2.05, 4.69) is 27.0 Å². The van der Waals surface area contributed by atoms with Gasteiger partial charge in [0.05, 0.1) is 13.0 Å². The van der Waals surface area contributed by atoms with Gasteiger partial charge in [-0.15, -0.1) is 0 Å². The molecule has 0 radical (unpaired) electrons. The third-order valence-electron chi connectivity index (χ3n) is 4.45. The van der Waals surface area contributed by atoms with Gasteiger partial charge in [0.15, 0.2) is 0 Å². The summed E-state index contributed by atoms with van der Waals surface area (Å²) in [4.78, 5) is 35.8. The van der Waals surface area contributed by atoms with E-state index >= 15 is 0 Å². The maximum atomic E-state index is 13.1. The van der Waals surface area contributed by atoms with Gasteiger partial charge in [-0.25, -0.2) is 15.2 Å². The van der Waals surface area contributed by atoms with E-state index in [-0.39, 0.29) is 19.0 Å². The molecule has 2 aromatic rings. The summed E-state index contributed by atoms with van der Waals surface area (Å²) in [5.74, 6) is -1.82. The molecular weight excluding hydrogens is 377 g/mol. The Hall–Kier alpha value is -3.30. The van der Waals surface area contributed by atoms with Crippen LogP contribution in [-0.4, -0.2) is 30.3 Å². The average Bonchev–Trinajstić information content (AvgIpc) is 3.21. The Morgan fingerprint density at radius 3 is 2.52 bits per heavy atom. The van der Waals surface area contributed by atoms with E-state index in [9.17, 15) is 18.8 Å². The van der Waals surface area contributed by atoms with E-state index in [1.165, 1.54) is 18.2 Å². The molecule has 0 bridgehead atoms. The number of nitrogens with one attached hydrogen (secondary N) is 5. The second kappa shape index (κ2) is 9.76. The molecule has 0 spiro atoms. The molecule has 3 rings (SSSR count). The molecule has 1 aliphatic rings. The normalized spacial score (nSPS) is 18.1. The highest BCUT2D eigenvalue weighted by atomic mass is 19.1. The maximum absolute atomic E-state index is 13.1. The van der Waals surface area contributed by atoms with Gasteiger partial charge in [0.2, 0.25) is 5.91 Å². The summed E-state index contributed by atoms with van der Waals surface area (Å²) < 4.78 is 13.1. The van der Waals surface area contributed by atoms with Gasteiger partial charge in [0, 0.05) is 6.04 Å². The second-order valence-corrected chi connectivity index (χ2v) is 6.66. The van der Waals surface area contributed by atoms with Crippen molar-refractivity contribution >= 4 is 17.7 Å². The highest BCUT2D eigenvalue weighted by molar-refractivity contribution is 5.88. The van der Waals surface area contributed by atoms with Crippen molar-refractivity contribution < 1.29 is 18.8 Å². The van der Waals surface area contributed by atoms with Crippen LogP contribution in [0.2, 0.25) is 0 Å². The van der Waals surface area contributed by atoms with Crippen molar-refractivity contribution in [2.75, 3.05) is 6.54 Å². The Balaban J connectivity index is 1.36. The molecular formula is C20H22FN5O3. The summed E-state index contributed by atoms with van der Waals surface area (Å²) in [5, 5.41) is 2.42. The lowest BCUT2D eigenvalue weighted by atomic mass is 10.0. The number of benzene rings is 2. The minimum absolute atomic E-state index is 0.00948. The zero-order chi connectivity index (χ0) is 20.6. The van der Waals surface area contributed by atoms with Crippen molar-refractivity contribution in [3.63, 3.8) is 0 Å². The molecule has 3 amide bonds. The van der Waals surface area contributed by atoms with Crippen LogP contribution in [0, 0.1) is 5.82 Å². The predicted molar refractivity (Wildman–Crippen MR) is 103 cm³/mol. The van der Waals surface area contributed by atoms with Crippen LogP contribution in [0.1, 0.15) is 23.6 Å². The topological polar surface area (TPSA) is 111 Å². The Kier molecular flexibility index (Phi) is 6.88. The molecule has 1 fully saturated rings. The first-order valence-corrected chi connectivity index (χ1v) is 9.17. The molecule has 8 nitrogen and oxygen atoms in total. The number of hydrogen-bond acceptors (Lipinski definition) is 5. The molecule has 1 heterocycles. The highest BCUT2D eigenvalue weighted by Gasteiger charge is 2.30. The Morgan fingerprint density at radius 1 is 0.966 bits per heavy atom. The van der Waals surface area contributed by atoms with Gasteiger partial charge in [-0.1, -0.05) is 42.5 Å². The quantitative estimate of drug-likeness (QED) is 0.447. The molecule has 0 aliphatic carbocycles. The van der Waals surface area contributed by atoms with Gasteiger partial charge in [0.25, 0.3) is 11.8 Å². The largest absolute Gasteiger partial charge is 0.347 e. The van der Waals surface area contributed by atoms with Crippen LogP contribution >= 0.6 is 0 Å². The number of carbonyl (C=O) groups excluding carboxylic acids is 3. The molecule has 2 unspecified atom stereocenters. The van der Waals surface area contributed by atoms with Crippen LogP contribution in [0.15, 0.2) is 54.6 Å². The first-order valence-electron chi connectivity index (χ1n) is 9.17. The molecule has 29 heavy (non-hydrogen) atoms. The van der Waals surface area contributed by atoms with Crippen LogP contribution < -0.4 is 27.0 Å². The van der Waals surface area contributed by atoms with Crippen molar-refractivity contribution in [3.8, 4) is 0 Å². The van der Waals surface area contributed by atoms with Crippen LogP contribution in [-0.2, 0) is 20.8 Å². The van der Waals surface area contributed by atoms with Gasteiger partial charge in [-0.2, -0.15) is 0 Å². The third kappa shape index (κ3) is 6.09. The summed E-state index contributed by atoms with van der Waals surface area (Å²) in [5.41, 5.74) is 12.1. The summed E-state index contributed by atoms with van der Waals surface area (Å²) in [6.07, 6.45) is 0.478. The molecule has 5 N–H and O–H groups in total. The van der Waals surface area contributed by atoms with Crippen LogP contribution in [0.25, 0.3) is 0 Å². The maximum Gasteiger partial charge on any atom is 0.257 e. The van der Waals surface area contributed by atoms with Crippen LogP contribution in [0.3, 0.4) is 0 Å². The highest BCUT2D eigenvalue weighted by Crippen LogP contribution is 2.21. The summed E-state index contributed by atoms with van der Waals surface area (Å²) in [6, 6.07) is 14.8. The molecule has 9 heteroatoms. The first kappa shape index (κ1) is 20.4. The van der Waals surface area contributed by atoms with Crippen LogP contribution in [0.5, 0.6) is 0 Å². The predicted octanol–water partition coefficient (Wildman–Crippen LogP) is 0.240. The first-order chi connectivity index (χ1) is 14.0. The summed E-state index contributed by atoms with van der Waals surface area (Å²) in [6.45, 7) is -0.308. The minimum atomic E-state index is -0.573. The molecule has 1 aliphatic heterocycles. The molecule has 2 atom stereocenters. The number of rotatable bonds is 6. The van der Waals surface area contributed by atoms with E-state index in [1.807, 2.05) is 30.3 Å². The number of amides is 3. The van der Waals surface area contributed by atoms with Gasteiger partial charge in [-0.05, 0) is 29.7 Å². The van der Waals surface area contributed by atoms with Crippen molar-refractivity contribution in [2.24, 2.45) is 0 Å². The fraction of sp³-hybridized carbons (Fsp3) is 0.250. The lowest BCUT2D eigenvalue weighted by Crippen LogP contribution is -2.52. The Labute approximate surface area is 167 Å². The zero-order valence-corrected chi connectivity index (χ0v) is 15.6. The Bertz CT molecular complexity index is 877. The average molecular weight is 399 g/mol. The van der Waals surface area contributed by atoms with Crippen molar-refractivity contribution in [1.82, 2.24) is 27.0 Å². The number of carbonyl (C=O) groups is 3. The summed E-state index contributed by atoms with van der Waals surface area (Å²) in [7, 11) is 0. The van der Waals surface area contributed by atoms with E-state index in [1.54, 1.807) is 6.07 Å².